The molecule has 0 aromatic rings. The van der Waals surface area contributed by atoms with E-state index in [0.717, 1.165) is 25.7 Å². The van der Waals surface area contributed by atoms with Crippen molar-refractivity contribution in [3.8, 4) is 0 Å². The molecule has 2 rings (SSSR count). The van der Waals surface area contributed by atoms with Crippen molar-refractivity contribution in [3.63, 3.8) is 0 Å². The SMILES string of the molecule is CC(CO)SCC(NC1CC1)(C(=O)O)C1CC1. The molecule has 5 heteroatoms. The van der Waals surface area contributed by atoms with Gasteiger partial charge in [-0.1, -0.05) is 6.92 Å². The number of aliphatic carboxylic acids is 1. The predicted molar refractivity (Wildman–Crippen MR) is 68.3 cm³/mol. The summed E-state index contributed by atoms with van der Waals surface area (Å²) >= 11 is 1.56. The molecule has 0 aliphatic heterocycles. The molecule has 2 unspecified atom stereocenters. The molecular weight excluding hydrogens is 238 g/mol. The molecule has 3 N–H and O–H groups in total. The van der Waals surface area contributed by atoms with E-state index < -0.39 is 11.5 Å². The quantitative estimate of drug-likeness (QED) is 0.608. The maximum absolute atomic E-state index is 11.6. The van der Waals surface area contributed by atoms with Crippen molar-refractivity contribution in [2.45, 2.75) is 49.4 Å². The summed E-state index contributed by atoms with van der Waals surface area (Å²) in [7, 11) is 0. The van der Waals surface area contributed by atoms with Gasteiger partial charge in [0.1, 0.15) is 5.54 Å². The van der Waals surface area contributed by atoms with E-state index in [9.17, 15) is 9.90 Å². The molecule has 0 aromatic carbocycles. The fraction of sp³-hybridized carbons (Fsp3) is 0.917. The fourth-order valence-electron chi connectivity index (χ4n) is 2.07. The van der Waals surface area contributed by atoms with Gasteiger partial charge in [0, 0.05) is 17.0 Å². The van der Waals surface area contributed by atoms with Crippen molar-refractivity contribution >= 4 is 17.7 Å². The second-order valence-electron chi connectivity index (χ2n) is 5.27. The number of hydrogen-bond donors (Lipinski definition) is 3. The summed E-state index contributed by atoms with van der Waals surface area (Å²) in [5.41, 5.74) is -0.755. The van der Waals surface area contributed by atoms with Crippen LogP contribution < -0.4 is 5.32 Å². The lowest BCUT2D eigenvalue weighted by Gasteiger charge is -2.31. The minimum Gasteiger partial charge on any atom is -0.480 e. The molecule has 2 atom stereocenters. The zero-order valence-corrected chi connectivity index (χ0v) is 11.0. The number of hydrogen-bond acceptors (Lipinski definition) is 4. The Morgan fingerprint density at radius 1 is 1.47 bits per heavy atom. The molecule has 98 valence electrons. The number of nitrogens with one attached hydrogen (secondary N) is 1. The second kappa shape index (κ2) is 5.16. The van der Waals surface area contributed by atoms with E-state index in [4.69, 9.17) is 5.11 Å². The van der Waals surface area contributed by atoms with Gasteiger partial charge in [-0.2, -0.15) is 11.8 Å². The maximum atomic E-state index is 11.6. The van der Waals surface area contributed by atoms with E-state index in [-0.39, 0.29) is 17.8 Å². The zero-order valence-electron chi connectivity index (χ0n) is 10.2. The predicted octanol–water partition coefficient (Wildman–Crippen LogP) is 1.09. The van der Waals surface area contributed by atoms with Gasteiger partial charge < -0.3 is 10.2 Å². The van der Waals surface area contributed by atoms with Crippen LogP contribution in [-0.2, 0) is 4.79 Å². The highest BCUT2D eigenvalue weighted by Crippen LogP contribution is 2.43. The van der Waals surface area contributed by atoms with Gasteiger partial charge >= 0.3 is 5.97 Å². The smallest absolute Gasteiger partial charge is 0.325 e. The number of thioether (sulfide) groups is 1. The van der Waals surface area contributed by atoms with E-state index in [0.29, 0.717) is 11.8 Å². The number of carboxylic acid groups (broad SMARTS) is 1. The van der Waals surface area contributed by atoms with Gasteiger partial charge in [-0.05, 0) is 31.6 Å². The Bertz CT molecular complexity index is 291. The Labute approximate surface area is 106 Å². The molecule has 0 aromatic heterocycles. The molecule has 0 bridgehead atoms. The Hall–Kier alpha value is -0.260. The summed E-state index contributed by atoms with van der Waals surface area (Å²) in [6.07, 6.45) is 4.23. The molecule has 0 amide bonds. The van der Waals surface area contributed by atoms with E-state index in [1.807, 2.05) is 6.92 Å². The van der Waals surface area contributed by atoms with Gasteiger partial charge in [-0.3, -0.25) is 10.1 Å². The number of carboxylic acids is 1. The molecule has 2 fully saturated rings. The Kier molecular flexibility index (Phi) is 4.00. The lowest BCUT2D eigenvalue weighted by Crippen LogP contribution is -2.57. The molecule has 2 saturated carbocycles. The van der Waals surface area contributed by atoms with Crippen LogP contribution in [0.3, 0.4) is 0 Å². The average Bonchev–Trinajstić information content (AvgIpc) is 3.15. The minimum atomic E-state index is -0.755. The molecule has 2 aliphatic rings. The van der Waals surface area contributed by atoms with Crippen LogP contribution in [0.5, 0.6) is 0 Å². The summed E-state index contributed by atoms with van der Waals surface area (Å²) in [5, 5.41) is 22.0. The molecule has 0 radical (unpaired) electrons. The highest BCUT2D eigenvalue weighted by atomic mass is 32.2. The summed E-state index contributed by atoms with van der Waals surface area (Å²) in [5.74, 6) is 0.120. The van der Waals surface area contributed by atoms with Crippen molar-refractivity contribution in [2.24, 2.45) is 5.92 Å². The van der Waals surface area contributed by atoms with Crippen LogP contribution in [0.4, 0.5) is 0 Å². The summed E-state index contributed by atoms with van der Waals surface area (Å²) in [6, 6.07) is 0.400. The van der Waals surface area contributed by atoms with Crippen molar-refractivity contribution in [1.82, 2.24) is 5.32 Å². The molecule has 2 aliphatic carbocycles. The van der Waals surface area contributed by atoms with Crippen LogP contribution in [0.25, 0.3) is 0 Å². The molecular formula is C12H21NO3S. The highest BCUT2D eigenvalue weighted by molar-refractivity contribution is 8.00. The average molecular weight is 259 g/mol. The first kappa shape index (κ1) is 13.2. The fourth-order valence-corrected chi connectivity index (χ4v) is 3.17. The van der Waals surface area contributed by atoms with Crippen LogP contribution in [-0.4, -0.2) is 45.4 Å². The molecule has 17 heavy (non-hydrogen) atoms. The van der Waals surface area contributed by atoms with Gasteiger partial charge in [-0.25, -0.2) is 0 Å². The number of rotatable bonds is 8. The Morgan fingerprint density at radius 3 is 2.53 bits per heavy atom. The van der Waals surface area contributed by atoms with Crippen LogP contribution >= 0.6 is 11.8 Å². The normalized spacial score (nSPS) is 25.3. The minimum absolute atomic E-state index is 0.105. The van der Waals surface area contributed by atoms with E-state index in [1.54, 1.807) is 11.8 Å². The van der Waals surface area contributed by atoms with Crippen LogP contribution in [0.15, 0.2) is 0 Å². The first-order chi connectivity index (χ1) is 8.08. The van der Waals surface area contributed by atoms with Gasteiger partial charge in [0.05, 0.1) is 6.61 Å². The van der Waals surface area contributed by atoms with Crippen molar-refractivity contribution < 1.29 is 15.0 Å². The molecule has 0 heterocycles. The first-order valence-electron chi connectivity index (χ1n) is 6.32. The molecule has 0 saturated heterocycles. The van der Waals surface area contributed by atoms with Gasteiger partial charge in [0.25, 0.3) is 0 Å². The Morgan fingerprint density at radius 2 is 2.12 bits per heavy atom. The Balaban J connectivity index is 2.00. The van der Waals surface area contributed by atoms with Gasteiger partial charge in [0.2, 0.25) is 0 Å². The summed E-state index contributed by atoms with van der Waals surface area (Å²) < 4.78 is 0. The second-order valence-corrected chi connectivity index (χ2v) is 6.70. The van der Waals surface area contributed by atoms with E-state index >= 15 is 0 Å². The van der Waals surface area contributed by atoms with E-state index in [1.165, 1.54) is 0 Å². The zero-order chi connectivity index (χ0) is 12.5. The highest BCUT2D eigenvalue weighted by Gasteiger charge is 2.53. The van der Waals surface area contributed by atoms with Gasteiger partial charge in [0.15, 0.2) is 0 Å². The third kappa shape index (κ3) is 3.14. The van der Waals surface area contributed by atoms with Gasteiger partial charge in [-0.15, -0.1) is 0 Å². The lowest BCUT2D eigenvalue weighted by atomic mass is 9.95. The third-order valence-corrected chi connectivity index (χ3v) is 4.89. The van der Waals surface area contributed by atoms with Crippen molar-refractivity contribution in [2.75, 3.05) is 12.4 Å². The van der Waals surface area contributed by atoms with Crippen LogP contribution in [0, 0.1) is 5.92 Å². The summed E-state index contributed by atoms with van der Waals surface area (Å²) in [6.45, 7) is 2.04. The van der Waals surface area contributed by atoms with Crippen LogP contribution in [0.1, 0.15) is 32.6 Å². The third-order valence-electron chi connectivity index (χ3n) is 3.55. The maximum Gasteiger partial charge on any atom is 0.325 e. The standard InChI is InChI=1S/C12H21NO3S/c1-8(6-14)17-7-12(11(15)16,9-2-3-9)13-10-4-5-10/h8-10,13-14H,2-7H2,1H3,(H,15,16). The number of aliphatic hydroxyl groups is 1. The summed E-state index contributed by atoms with van der Waals surface area (Å²) in [4.78, 5) is 11.6. The van der Waals surface area contributed by atoms with E-state index in [2.05, 4.69) is 5.32 Å². The first-order valence-corrected chi connectivity index (χ1v) is 7.37. The largest absolute Gasteiger partial charge is 0.480 e. The van der Waals surface area contributed by atoms with Crippen molar-refractivity contribution in [1.29, 1.82) is 0 Å². The number of aliphatic hydroxyl groups excluding tert-OH is 1. The molecule has 4 nitrogen and oxygen atoms in total. The topological polar surface area (TPSA) is 69.6 Å². The van der Waals surface area contributed by atoms with Crippen LogP contribution in [0.2, 0.25) is 0 Å². The monoisotopic (exact) mass is 259 g/mol. The molecule has 0 spiro atoms. The number of carbonyl (C=O) groups is 1. The lowest BCUT2D eigenvalue weighted by molar-refractivity contribution is -0.145. The van der Waals surface area contributed by atoms with Crippen molar-refractivity contribution in [3.05, 3.63) is 0 Å².